The van der Waals surface area contributed by atoms with Gasteiger partial charge in [0.1, 0.15) is 24.2 Å². The molecule has 228 valence electrons. The van der Waals surface area contributed by atoms with E-state index in [1.165, 1.54) is 6.42 Å². The van der Waals surface area contributed by atoms with E-state index < -0.39 is 12.2 Å². The molecule has 1 aromatic heterocycles. The summed E-state index contributed by atoms with van der Waals surface area (Å²) >= 11 is 0. The van der Waals surface area contributed by atoms with Crippen molar-refractivity contribution in [2.75, 3.05) is 33.4 Å². The summed E-state index contributed by atoms with van der Waals surface area (Å²) in [5.41, 5.74) is 1.85. The highest BCUT2D eigenvalue weighted by Gasteiger charge is 2.42. The van der Waals surface area contributed by atoms with Gasteiger partial charge in [-0.2, -0.15) is 0 Å². The Kier molecular flexibility index (Phi) is 10.3. The van der Waals surface area contributed by atoms with Crippen LogP contribution in [0.1, 0.15) is 38.4 Å². The van der Waals surface area contributed by atoms with Gasteiger partial charge in [-0.15, -0.1) is 6.58 Å². The van der Waals surface area contributed by atoms with Gasteiger partial charge in [-0.3, -0.25) is 9.88 Å². The second kappa shape index (κ2) is 14.3. The third-order valence-electron chi connectivity index (χ3n) is 8.76. The molecular formula is C36H45N3O4. The number of benzene rings is 3. The van der Waals surface area contributed by atoms with E-state index in [4.69, 9.17) is 9.47 Å². The van der Waals surface area contributed by atoms with E-state index in [2.05, 4.69) is 53.8 Å². The molecule has 0 radical (unpaired) electrons. The van der Waals surface area contributed by atoms with E-state index >= 15 is 0 Å². The fourth-order valence-corrected chi connectivity index (χ4v) is 6.38. The van der Waals surface area contributed by atoms with Gasteiger partial charge in [-0.25, -0.2) is 0 Å². The van der Waals surface area contributed by atoms with Crippen molar-refractivity contribution < 1.29 is 19.7 Å². The third kappa shape index (κ3) is 7.36. The first-order valence-corrected chi connectivity index (χ1v) is 15.4. The lowest BCUT2D eigenvalue weighted by Gasteiger charge is -2.50. The van der Waals surface area contributed by atoms with Crippen molar-refractivity contribution >= 4 is 21.7 Å². The lowest BCUT2D eigenvalue weighted by atomic mass is 9.73. The molecule has 3 aliphatic rings. The quantitative estimate of drug-likeness (QED) is 0.205. The number of rotatable bonds is 10. The van der Waals surface area contributed by atoms with Crippen LogP contribution in [0.2, 0.25) is 0 Å². The lowest BCUT2D eigenvalue weighted by molar-refractivity contribution is -0.0444. The second-order valence-electron chi connectivity index (χ2n) is 12.0. The SMILES string of the molecule is C=C[C@H]1CN2CC[C@H]1C[C@@H]2[C@@H](O)c1ccnc2ccc(OC)cc12.CC(C)NCC(O)COc1cccc2ccccc12. The molecule has 0 saturated carbocycles. The molecule has 3 aliphatic heterocycles. The fourth-order valence-electron chi connectivity index (χ4n) is 6.38. The Labute approximate surface area is 255 Å². The molecule has 0 amide bonds. The number of piperidine rings is 3. The van der Waals surface area contributed by atoms with Crippen LogP contribution in [0.3, 0.4) is 0 Å². The van der Waals surface area contributed by atoms with Crippen LogP contribution in [0.5, 0.6) is 11.5 Å². The average Bonchev–Trinajstić information content (AvgIpc) is 3.05. The number of aliphatic hydroxyl groups excluding tert-OH is 2. The Balaban J connectivity index is 0.000000177. The summed E-state index contributed by atoms with van der Waals surface area (Å²) in [5.74, 6) is 2.83. The van der Waals surface area contributed by atoms with E-state index in [1.54, 1.807) is 13.3 Å². The Morgan fingerprint density at radius 1 is 1.07 bits per heavy atom. The highest BCUT2D eigenvalue weighted by molar-refractivity contribution is 5.88. The molecule has 43 heavy (non-hydrogen) atoms. The summed E-state index contributed by atoms with van der Waals surface area (Å²) in [7, 11) is 1.66. The van der Waals surface area contributed by atoms with Gasteiger partial charge in [0.05, 0.1) is 18.7 Å². The summed E-state index contributed by atoms with van der Waals surface area (Å²) in [6, 6.07) is 22.4. The molecule has 7 rings (SSSR count). The Bertz CT molecular complexity index is 1500. The molecule has 4 heterocycles. The predicted molar refractivity (Wildman–Crippen MR) is 174 cm³/mol. The van der Waals surface area contributed by atoms with Gasteiger partial charge in [-0.05, 0) is 72.5 Å². The van der Waals surface area contributed by atoms with Gasteiger partial charge in [0.2, 0.25) is 0 Å². The fraction of sp³-hybridized carbons (Fsp3) is 0.417. The number of methoxy groups -OCH3 is 1. The number of fused-ring (bicyclic) bond motifs is 5. The number of ether oxygens (including phenoxy) is 2. The minimum Gasteiger partial charge on any atom is -0.497 e. The molecule has 4 aromatic rings. The smallest absolute Gasteiger partial charge is 0.127 e. The van der Waals surface area contributed by atoms with Crippen molar-refractivity contribution in [1.82, 2.24) is 15.2 Å². The monoisotopic (exact) mass is 583 g/mol. The van der Waals surface area contributed by atoms with Crippen molar-refractivity contribution in [3.63, 3.8) is 0 Å². The molecule has 7 heteroatoms. The summed E-state index contributed by atoms with van der Waals surface area (Å²) in [5, 5.41) is 27.4. The van der Waals surface area contributed by atoms with Gasteiger partial charge in [-0.1, -0.05) is 56.3 Å². The molecule has 6 atom stereocenters. The first-order valence-electron chi connectivity index (χ1n) is 15.4. The number of aliphatic hydroxyl groups is 2. The third-order valence-corrected chi connectivity index (χ3v) is 8.76. The average molecular weight is 584 g/mol. The van der Waals surface area contributed by atoms with Crippen LogP contribution in [0, 0.1) is 11.8 Å². The van der Waals surface area contributed by atoms with Crippen LogP contribution in [-0.2, 0) is 0 Å². The Morgan fingerprint density at radius 2 is 1.88 bits per heavy atom. The van der Waals surface area contributed by atoms with Gasteiger partial charge in [0.15, 0.2) is 0 Å². The Morgan fingerprint density at radius 3 is 2.63 bits per heavy atom. The van der Waals surface area contributed by atoms with Crippen molar-refractivity contribution in [3.8, 4) is 11.5 Å². The molecule has 0 spiro atoms. The maximum atomic E-state index is 11.2. The Hall–Kier alpha value is -3.49. The molecule has 7 nitrogen and oxygen atoms in total. The predicted octanol–water partition coefficient (Wildman–Crippen LogP) is 5.75. The molecule has 2 unspecified atom stereocenters. The molecule has 2 bridgehead atoms. The summed E-state index contributed by atoms with van der Waals surface area (Å²) in [4.78, 5) is 6.86. The summed E-state index contributed by atoms with van der Waals surface area (Å²) in [6.45, 7) is 11.0. The highest BCUT2D eigenvalue weighted by Crippen LogP contribution is 2.42. The maximum Gasteiger partial charge on any atom is 0.127 e. The number of hydrogen-bond acceptors (Lipinski definition) is 7. The highest BCUT2D eigenvalue weighted by atomic mass is 16.5. The van der Waals surface area contributed by atoms with Crippen molar-refractivity contribution in [1.29, 1.82) is 0 Å². The molecule has 3 aromatic carbocycles. The molecular weight excluding hydrogens is 538 g/mol. The zero-order valence-electron chi connectivity index (χ0n) is 25.5. The van der Waals surface area contributed by atoms with Crippen LogP contribution in [0.4, 0.5) is 0 Å². The number of pyridine rings is 1. The van der Waals surface area contributed by atoms with Crippen molar-refractivity contribution in [2.45, 2.75) is 51.0 Å². The standard InChI is InChI=1S/C20H24N2O2.C16H21NO2/c1-3-13-12-22-9-7-14(13)10-19(22)20(23)16-6-8-21-18-5-4-15(24-2)11-17(16)18;1-12(2)17-10-14(18)11-19-16-9-5-7-13-6-3-4-8-15(13)16/h3-6,8,11,13-14,19-20,23H,1,7,9-10,12H2,2H3;3-9,12,14,17-18H,10-11H2,1-2H3/t13-,14-,19+,20-;/m0./s1. The van der Waals surface area contributed by atoms with Gasteiger partial charge in [0.25, 0.3) is 0 Å². The number of hydrogen-bond donors (Lipinski definition) is 3. The van der Waals surface area contributed by atoms with E-state index in [1.807, 2.05) is 54.6 Å². The van der Waals surface area contributed by atoms with E-state index in [0.29, 0.717) is 31.0 Å². The lowest BCUT2D eigenvalue weighted by Crippen LogP contribution is -2.54. The largest absolute Gasteiger partial charge is 0.497 e. The van der Waals surface area contributed by atoms with Gasteiger partial charge < -0.3 is 25.0 Å². The van der Waals surface area contributed by atoms with Crippen molar-refractivity contribution in [2.24, 2.45) is 11.8 Å². The second-order valence-corrected chi connectivity index (χ2v) is 12.0. The number of nitrogens with one attached hydrogen (secondary N) is 1. The molecule has 0 aliphatic carbocycles. The normalized spacial score (nSPS) is 22.6. The summed E-state index contributed by atoms with van der Waals surface area (Å²) in [6.07, 6.45) is 5.12. The van der Waals surface area contributed by atoms with Crippen LogP contribution in [0.15, 0.2) is 85.6 Å². The zero-order chi connectivity index (χ0) is 30.3. The molecule has 3 N–H and O–H groups in total. The number of aromatic nitrogens is 1. The minimum atomic E-state index is -0.504. The van der Waals surface area contributed by atoms with Crippen LogP contribution >= 0.6 is 0 Å². The van der Waals surface area contributed by atoms with Gasteiger partial charge >= 0.3 is 0 Å². The van der Waals surface area contributed by atoms with E-state index in [9.17, 15) is 10.2 Å². The van der Waals surface area contributed by atoms with Crippen molar-refractivity contribution in [3.05, 3.63) is 91.1 Å². The van der Waals surface area contributed by atoms with Crippen LogP contribution < -0.4 is 14.8 Å². The first kappa shape index (κ1) is 31.0. The summed E-state index contributed by atoms with van der Waals surface area (Å²) < 4.78 is 11.1. The van der Waals surface area contributed by atoms with E-state index in [0.717, 1.165) is 58.2 Å². The topological polar surface area (TPSA) is 87.1 Å². The molecule has 3 fully saturated rings. The zero-order valence-corrected chi connectivity index (χ0v) is 25.5. The first-order chi connectivity index (χ1) is 20.9. The minimum absolute atomic E-state index is 0.178. The number of nitrogens with zero attached hydrogens (tertiary/aromatic N) is 2. The van der Waals surface area contributed by atoms with Gasteiger partial charge in [0, 0.05) is 42.1 Å². The van der Waals surface area contributed by atoms with Crippen LogP contribution in [0.25, 0.3) is 21.7 Å². The van der Waals surface area contributed by atoms with E-state index in [-0.39, 0.29) is 6.04 Å². The maximum absolute atomic E-state index is 11.2. The van der Waals surface area contributed by atoms with Crippen LogP contribution in [-0.4, -0.2) is 71.6 Å². The molecule has 3 saturated heterocycles.